The van der Waals surface area contributed by atoms with Gasteiger partial charge in [0.15, 0.2) is 10.3 Å². The first-order chi connectivity index (χ1) is 21.5. The molecule has 4 aromatic rings. The molecule has 1 saturated heterocycles. The first kappa shape index (κ1) is 35.8. The van der Waals surface area contributed by atoms with E-state index in [2.05, 4.69) is 50.6 Å². The molecule has 0 atom stereocenters. The Balaban J connectivity index is 0.000000222. The lowest BCUT2D eigenvalue weighted by Gasteiger charge is -2.45. The zero-order chi connectivity index (χ0) is 33.9. The Kier molecular flexibility index (Phi) is 11.2. The molecule has 46 heavy (non-hydrogen) atoms. The van der Waals surface area contributed by atoms with Gasteiger partial charge in [0.25, 0.3) is 0 Å². The molecule has 15 heteroatoms. The van der Waals surface area contributed by atoms with Gasteiger partial charge in [0, 0.05) is 48.4 Å². The highest BCUT2D eigenvalue weighted by Gasteiger charge is 2.33. The van der Waals surface area contributed by atoms with E-state index in [1.54, 1.807) is 24.5 Å². The fourth-order valence-corrected chi connectivity index (χ4v) is 5.58. The molecule has 0 N–H and O–H groups in total. The van der Waals surface area contributed by atoms with Crippen LogP contribution in [0.2, 0.25) is 5.15 Å². The van der Waals surface area contributed by atoms with Crippen LogP contribution in [-0.2, 0) is 12.4 Å². The van der Waals surface area contributed by atoms with E-state index in [9.17, 15) is 26.3 Å². The van der Waals surface area contributed by atoms with E-state index in [0.717, 1.165) is 49.7 Å². The number of benzene rings is 2. The topological polar surface area (TPSA) is 58.0 Å². The van der Waals surface area contributed by atoms with Crippen molar-refractivity contribution >= 4 is 40.9 Å². The average Bonchev–Trinajstić information content (AvgIpc) is 3.01. The van der Waals surface area contributed by atoms with E-state index in [0.29, 0.717) is 32.8 Å². The lowest BCUT2D eigenvalue weighted by molar-refractivity contribution is -0.138. The molecular formula is C31H31ClF6N6S2. The number of hydrogen-bond acceptors (Lipinski definition) is 8. The largest absolute Gasteiger partial charge is 0.416 e. The number of nitrogens with zero attached hydrogens (tertiary/aromatic N) is 6. The molecule has 0 unspecified atom stereocenters. The Hall–Kier alpha value is -3.07. The Labute approximate surface area is 277 Å². The van der Waals surface area contributed by atoms with Gasteiger partial charge in [-0.2, -0.15) is 26.3 Å². The van der Waals surface area contributed by atoms with E-state index in [4.69, 9.17) is 11.6 Å². The number of anilines is 1. The molecule has 0 saturated carbocycles. The molecule has 5 rings (SSSR count). The number of rotatable bonds is 5. The van der Waals surface area contributed by atoms with Crippen LogP contribution < -0.4 is 4.90 Å². The summed E-state index contributed by atoms with van der Waals surface area (Å²) in [6, 6.07) is 13.5. The Morgan fingerprint density at radius 1 is 0.717 bits per heavy atom. The van der Waals surface area contributed by atoms with E-state index in [1.165, 1.54) is 41.7 Å². The zero-order valence-corrected chi connectivity index (χ0v) is 27.9. The maximum atomic E-state index is 13.1. The number of alkyl halides is 6. The van der Waals surface area contributed by atoms with Crippen molar-refractivity contribution in [1.29, 1.82) is 0 Å². The van der Waals surface area contributed by atoms with Gasteiger partial charge in [-0.1, -0.05) is 59.4 Å². The van der Waals surface area contributed by atoms with Gasteiger partial charge < -0.3 is 4.90 Å². The van der Waals surface area contributed by atoms with Crippen LogP contribution in [0.4, 0.5) is 32.2 Å². The third-order valence-electron chi connectivity index (χ3n) is 7.34. The standard InChI is InChI=1S/C19H23F3N4S.C12H8ClF3N2S/c1-18(2)12-26(9-8-25(18)3)16-11-15(23-17(24-16)27-4)13-6-5-7-14(10-13)19(20,21)22;1-19-11-17-9(6-10(13)18-11)7-3-2-4-8(5-7)12(14,15)16/h5-7,10-11H,8-9,12H2,1-4H3;2-6H,1H3. The van der Waals surface area contributed by atoms with E-state index >= 15 is 0 Å². The molecule has 1 aliphatic heterocycles. The van der Waals surface area contributed by atoms with Gasteiger partial charge in [0.05, 0.1) is 22.5 Å². The number of thioether (sulfide) groups is 2. The van der Waals surface area contributed by atoms with Crippen LogP contribution in [0.3, 0.4) is 0 Å². The summed E-state index contributed by atoms with van der Waals surface area (Å²) < 4.78 is 77.2. The van der Waals surface area contributed by atoms with Gasteiger partial charge in [-0.25, -0.2) is 19.9 Å². The maximum absolute atomic E-state index is 13.1. The molecule has 2 aromatic carbocycles. The van der Waals surface area contributed by atoms with Crippen molar-refractivity contribution in [2.75, 3.05) is 44.1 Å². The van der Waals surface area contributed by atoms with Crippen LogP contribution in [0.5, 0.6) is 0 Å². The molecule has 0 aliphatic carbocycles. The monoisotopic (exact) mass is 700 g/mol. The number of halogens is 7. The molecule has 3 heterocycles. The molecule has 1 aliphatic rings. The minimum atomic E-state index is -4.38. The van der Waals surface area contributed by atoms with Gasteiger partial charge in [-0.15, -0.1) is 0 Å². The predicted molar refractivity (Wildman–Crippen MR) is 172 cm³/mol. The normalized spacial score (nSPS) is 15.3. The first-order valence-corrected chi connectivity index (χ1v) is 16.7. The average molecular weight is 701 g/mol. The van der Waals surface area contributed by atoms with Crippen LogP contribution in [0, 0.1) is 0 Å². The van der Waals surface area contributed by atoms with Crippen molar-refractivity contribution in [2.45, 2.75) is 42.1 Å². The van der Waals surface area contributed by atoms with Crippen LogP contribution in [0.25, 0.3) is 22.5 Å². The minimum Gasteiger partial charge on any atom is -0.353 e. The second kappa shape index (κ2) is 14.4. The van der Waals surface area contributed by atoms with Crippen molar-refractivity contribution in [2.24, 2.45) is 0 Å². The first-order valence-electron chi connectivity index (χ1n) is 13.8. The number of piperazine rings is 1. The summed E-state index contributed by atoms with van der Waals surface area (Å²) >= 11 is 8.48. The third kappa shape index (κ3) is 9.05. The minimum absolute atomic E-state index is 0.0148. The molecular weight excluding hydrogens is 670 g/mol. The Morgan fingerprint density at radius 3 is 1.70 bits per heavy atom. The molecule has 2 aromatic heterocycles. The summed E-state index contributed by atoms with van der Waals surface area (Å²) in [4.78, 5) is 21.6. The highest BCUT2D eigenvalue weighted by atomic mass is 35.5. The fraction of sp³-hybridized carbons (Fsp3) is 0.355. The molecule has 0 amide bonds. The van der Waals surface area contributed by atoms with Gasteiger partial charge in [0.2, 0.25) is 0 Å². The van der Waals surface area contributed by atoms with Crippen LogP contribution in [-0.4, -0.2) is 69.6 Å². The predicted octanol–water partition coefficient (Wildman–Crippen LogP) is 8.95. The second-order valence-electron chi connectivity index (χ2n) is 11.0. The molecule has 0 radical (unpaired) electrons. The van der Waals surface area contributed by atoms with Crippen LogP contribution >= 0.6 is 35.1 Å². The Bertz CT molecular complexity index is 1670. The molecule has 6 nitrogen and oxygen atoms in total. The SMILES string of the molecule is CSc1nc(-c2cccc(C(F)(F)F)c2)cc(N2CCN(C)C(C)(C)C2)n1.CSc1nc(Cl)cc(-c2cccc(C(F)(F)F)c2)n1. The fourth-order valence-electron chi connectivity index (χ4n) is 4.60. The van der Waals surface area contributed by atoms with Crippen molar-refractivity contribution in [3.8, 4) is 22.5 Å². The summed E-state index contributed by atoms with van der Waals surface area (Å²) in [5.41, 5.74) is 0.269. The zero-order valence-electron chi connectivity index (χ0n) is 25.5. The summed E-state index contributed by atoms with van der Waals surface area (Å²) in [7, 11) is 2.10. The maximum Gasteiger partial charge on any atom is 0.416 e. The summed E-state index contributed by atoms with van der Waals surface area (Å²) in [6.45, 7) is 6.83. The van der Waals surface area contributed by atoms with Crippen molar-refractivity contribution in [3.05, 3.63) is 76.9 Å². The van der Waals surface area contributed by atoms with E-state index in [-0.39, 0.29) is 10.7 Å². The summed E-state index contributed by atoms with van der Waals surface area (Å²) in [5, 5.41) is 1.17. The molecule has 1 fully saturated rings. The Morgan fingerprint density at radius 2 is 1.22 bits per heavy atom. The highest BCUT2D eigenvalue weighted by Crippen LogP contribution is 2.34. The van der Waals surface area contributed by atoms with E-state index in [1.807, 2.05) is 6.26 Å². The quantitative estimate of drug-likeness (QED) is 0.0886. The highest BCUT2D eigenvalue weighted by molar-refractivity contribution is 7.98. The van der Waals surface area contributed by atoms with Gasteiger partial charge in [-0.3, -0.25) is 4.90 Å². The van der Waals surface area contributed by atoms with E-state index < -0.39 is 23.5 Å². The third-order valence-corrected chi connectivity index (χ3v) is 8.63. The van der Waals surface area contributed by atoms with Gasteiger partial charge >= 0.3 is 12.4 Å². The smallest absolute Gasteiger partial charge is 0.353 e. The summed E-state index contributed by atoms with van der Waals surface area (Å²) in [6.07, 6.45) is -5.13. The van der Waals surface area contributed by atoms with Crippen LogP contribution in [0.15, 0.2) is 71.0 Å². The van der Waals surface area contributed by atoms with Gasteiger partial charge in [-0.05, 0) is 57.7 Å². The van der Waals surface area contributed by atoms with Crippen molar-refractivity contribution < 1.29 is 26.3 Å². The number of hydrogen-bond donors (Lipinski definition) is 0. The van der Waals surface area contributed by atoms with Crippen molar-refractivity contribution in [1.82, 2.24) is 24.8 Å². The lowest BCUT2D eigenvalue weighted by Crippen LogP contribution is -2.57. The van der Waals surface area contributed by atoms with Crippen molar-refractivity contribution in [3.63, 3.8) is 0 Å². The number of likely N-dealkylation sites (N-methyl/N-ethyl adjacent to an activating group) is 1. The molecule has 0 bridgehead atoms. The van der Waals surface area contributed by atoms with Gasteiger partial charge in [0.1, 0.15) is 11.0 Å². The molecule has 0 spiro atoms. The second-order valence-corrected chi connectivity index (χ2v) is 12.9. The van der Waals surface area contributed by atoms with Crippen LogP contribution in [0.1, 0.15) is 25.0 Å². The number of aromatic nitrogens is 4. The summed E-state index contributed by atoms with van der Waals surface area (Å²) in [5.74, 6) is 0.753. The molecule has 246 valence electrons. The lowest BCUT2D eigenvalue weighted by atomic mass is 9.99.